The second-order valence-corrected chi connectivity index (χ2v) is 5.47. The molecule has 0 radical (unpaired) electrons. The maximum absolute atomic E-state index is 12.4. The molecule has 1 N–H and O–H groups in total. The van der Waals surface area contributed by atoms with Crippen LogP contribution in [0.15, 0.2) is 0 Å². The summed E-state index contributed by atoms with van der Waals surface area (Å²) >= 11 is 0. The molecule has 2 atom stereocenters. The van der Waals surface area contributed by atoms with E-state index in [4.69, 9.17) is 4.74 Å². The first kappa shape index (κ1) is 14.1. The van der Waals surface area contributed by atoms with E-state index in [1.54, 1.807) is 7.11 Å². The highest BCUT2D eigenvalue weighted by atomic mass is 16.5. The van der Waals surface area contributed by atoms with Crippen molar-refractivity contribution < 1.29 is 9.53 Å². The molecule has 1 amide bonds. The maximum Gasteiger partial charge on any atom is 0.227 e. The van der Waals surface area contributed by atoms with Crippen molar-refractivity contribution >= 4 is 5.91 Å². The summed E-state index contributed by atoms with van der Waals surface area (Å²) in [7, 11) is 1.72. The Labute approximate surface area is 114 Å². The summed E-state index contributed by atoms with van der Waals surface area (Å²) < 4.78 is 5.45. The van der Waals surface area contributed by atoms with Crippen LogP contribution in [0, 0.1) is 19.8 Å². The summed E-state index contributed by atoms with van der Waals surface area (Å²) in [5, 5.41) is 7.06. The van der Waals surface area contributed by atoms with Crippen LogP contribution in [0.4, 0.5) is 0 Å². The number of hydrogen-bond acceptors (Lipinski definition) is 3. The van der Waals surface area contributed by atoms with Crippen molar-refractivity contribution in [2.24, 2.45) is 5.92 Å². The molecule has 2 heterocycles. The second kappa shape index (κ2) is 5.74. The number of H-pyrrole nitrogens is 1. The molecule has 1 aromatic heterocycles. The number of methoxy groups -OCH3 is 1. The number of rotatable bonds is 3. The van der Waals surface area contributed by atoms with Gasteiger partial charge in [0, 0.05) is 31.5 Å². The van der Waals surface area contributed by atoms with Gasteiger partial charge in [-0.05, 0) is 26.2 Å². The molecule has 0 spiro atoms. The molecule has 0 bridgehead atoms. The quantitative estimate of drug-likeness (QED) is 0.900. The molecule has 0 unspecified atom stereocenters. The van der Waals surface area contributed by atoms with Gasteiger partial charge in [-0.15, -0.1) is 0 Å². The number of carbonyl (C=O) groups is 1. The summed E-state index contributed by atoms with van der Waals surface area (Å²) in [6.45, 7) is 7.60. The number of aromatic amines is 1. The second-order valence-electron chi connectivity index (χ2n) is 5.47. The lowest BCUT2D eigenvalue weighted by atomic mass is 9.95. The van der Waals surface area contributed by atoms with E-state index in [1.807, 2.05) is 18.7 Å². The van der Waals surface area contributed by atoms with E-state index in [1.165, 1.54) is 0 Å². The fourth-order valence-corrected chi connectivity index (χ4v) is 2.66. The molecular formula is C14H23N3O2. The standard InChI is InChI=1S/C14H23N3O2/c1-9-5-6-17(8-13(9)19-4)14(18)7-12-10(2)15-16-11(12)3/h9,13H,5-8H2,1-4H3,(H,15,16)/t9-,13+/m1/s1. The topological polar surface area (TPSA) is 58.2 Å². The molecule has 0 aromatic carbocycles. The monoisotopic (exact) mass is 265 g/mol. The van der Waals surface area contributed by atoms with Gasteiger partial charge in [0.2, 0.25) is 5.91 Å². The van der Waals surface area contributed by atoms with E-state index in [0.717, 1.165) is 29.9 Å². The zero-order valence-corrected chi connectivity index (χ0v) is 12.2. The van der Waals surface area contributed by atoms with Gasteiger partial charge < -0.3 is 9.64 Å². The van der Waals surface area contributed by atoms with Gasteiger partial charge in [-0.3, -0.25) is 9.89 Å². The predicted octanol–water partition coefficient (Wildman–Crippen LogP) is 1.45. The molecule has 2 rings (SSSR count). The van der Waals surface area contributed by atoms with Gasteiger partial charge in [-0.1, -0.05) is 6.92 Å². The average molecular weight is 265 g/mol. The normalized spacial score (nSPS) is 23.7. The van der Waals surface area contributed by atoms with Gasteiger partial charge in [0.1, 0.15) is 0 Å². The molecule has 0 aliphatic carbocycles. The molecule has 5 heteroatoms. The van der Waals surface area contributed by atoms with Crippen LogP contribution < -0.4 is 0 Å². The number of aryl methyl sites for hydroxylation is 2. The lowest BCUT2D eigenvalue weighted by Gasteiger charge is -2.36. The van der Waals surface area contributed by atoms with Crippen LogP contribution in [0.5, 0.6) is 0 Å². The van der Waals surface area contributed by atoms with Crippen LogP contribution >= 0.6 is 0 Å². The van der Waals surface area contributed by atoms with E-state index in [0.29, 0.717) is 18.9 Å². The van der Waals surface area contributed by atoms with Crippen molar-refractivity contribution in [1.29, 1.82) is 0 Å². The van der Waals surface area contributed by atoms with Crippen molar-refractivity contribution in [1.82, 2.24) is 15.1 Å². The molecule has 1 aliphatic rings. The minimum Gasteiger partial charge on any atom is -0.379 e. The third kappa shape index (κ3) is 2.97. The summed E-state index contributed by atoms with van der Waals surface area (Å²) in [4.78, 5) is 14.3. The third-order valence-corrected chi connectivity index (χ3v) is 4.15. The summed E-state index contributed by atoms with van der Waals surface area (Å²) in [5.74, 6) is 0.688. The Morgan fingerprint density at radius 3 is 2.84 bits per heavy atom. The Morgan fingerprint density at radius 2 is 2.26 bits per heavy atom. The highest BCUT2D eigenvalue weighted by molar-refractivity contribution is 5.79. The van der Waals surface area contributed by atoms with E-state index in [-0.39, 0.29) is 12.0 Å². The van der Waals surface area contributed by atoms with E-state index < -0.39 is 0 Å². The maximum atomic E-state index is 12.4. The largest absolute Gasteiger partial charge is 0.379 e. The van der Waals surface area contributed by atoms with Crippen molar-refractivity contribution in [2.75, 3.05) is 20.2 Å². The number of amides is 1. The lowest BCUT2D eigenvalue weighted by molar-refractivity contribution is -0.135. The van der Waals surface area contributed by atoms with E-state index >= 15 is 0 Å². The van der Waals surface area contributed by atoms with Crippen molar-refractivity contribution in [3.8, 4) is 0 Å². The van der Waals surface area contributed by atoms with E-state index in [9.17, 15) is 4.79 Å². The zero-order valence-electron chi connectivity index (χ0n) is 12.2. The van der Waals surface area contributed by atoms with Crippen LogP contribution in [0.25, 0.3) is 0 Å². The lowest BCUT2D eigenvalue weighted by Crippen LogP contribution is -2.47. The number of piperidine rings is 1. The molecular weight excluding hydrogens is 242 g/mol. The minimum absolute atomic E-state index is 0.157. The summed E-state index contributed by atoms with van der Waals surface area (Å²) in [6, 6.07) is 0. The molecule has 19 heavy (non-hydrogen) atoms. The van der Waals surface area contributed by atoms with Gasteiger partial charge in [0.05, 0.1) is 18.2 Å². The Bertz CT molecular complexity index is 436. The fraction of sp³-hybridized carbons (Fsp3) is 0.714. The number of hydrogen-bond donors (Lipinski definition) is 1. The number of carbonyl (C=O) groups excluding carboxylic acids is 1. The van der Waals surface area contributed by atoms with Gasteiger partial charge in [-0.2, -0.15) is 5.10 Å². The Kier molecular flexibility index (Phi) is 4.24. The summed E-state index contributed by atoms with van der Waals surface area (Å²) in [6.07, 6.45) is 1.59. The minimum atomic E-state index is 0.157. The summed E-state index contributed by atoms with van der Waals surface area (Å²) in [5.41, 5.74) is 2.93. The molecule has 5 nitrogen and oxygen atoms in total. The Morgan fingerprint density at radius 1 is 1.53 bits per heavy atom. The highest BCUT2D eigenvalue weighted by Crippen LogP contribution is 2.21. The molecule has 1 aliphatic heterocycles. The molecule has 1 fully saturated rings. The Balaban J connectivity index is 2.01. The van der Waals surface area contributed by atoms with Gasteiger partial charge in [0.15, 0.2) is 0 Å². The van der Waals surface area contributed by atoms with Crippen molar-refractivity contribution in [3.05, 3.63) is 17.0 Å². The van der Waals surface area contributed by atoms with Gasteiger partial charge in [0.25, 0.3) is 0 Å². The highest BCUT2D eigenvalue weighted by Gasteiger charge is 2.29. The van der Waals surface area contributed by atoms with Crippen LogP contribution in [0.2, 0.25) is 0 Å². The van der Waals surface area contributed by atoms with Crippen LogP contribution in [-0.4, -0.2) is 47.3 Å². The number of likely N-dealkylation sites (tertiary alicyclic amines) is 1. The van der Waals surface area contributed by atoms with Crippen LogP contribution in [0.1, 0.15) is 30.3 Å². The SMILES string of the molecule is CO[C@H]1CN(C(=O)Cc2c(C)n[nH]c2C)CC[C@H]1C. The van der Waals surface area contributed by atoms with E-state index in [2.05, 4.69) is 17.1 Å². The first-order valence-electron chi connectivity index (χ1n) is 6.84. The van der Waals surface area contributed by atoms with Crippen molar-refractivity contribution in [2.45, 2.75) is 39.7 Å². The first-order valence-corrected chi connectivity index (χ1v) is 6.84. The van der Waals surface area contributed by atoms with Gasteiger partial charge >= 0.3 is 0 Å². The number of ether oxygens (including phenoxy) is 1. The molecule has 1 saturated heterocycles. The van der Waals surface area contributed by atoms with Crippen LogP contribution in [0.3, 0.4) is 0 Å². The number of nitrogens with one attached hydrogen (secondary N) is 1. The smallest absolute Gasteiger partial charge is 0.227 e. The van der Waals surface area contributed by atoms with Crippen LogP contribution in [-0.2, 0) is 16.0 Å². The zero-order chi connectivity index (χ0) is 14.0. The number of aromatic nitrogens is 2. The molecule has 0 saturated carbocycles. The number of nitrogens with zero attached hydrogens (tertiary/aromatic N) is 2. The van der Waals surface area contributed by atoms with Crippen molar-refractivity contribution in [3.63, 3.8) is 0 Å². The molecule has 1 aromatic rings. The predicted molar refractivity (Wildman–Crippen MR) is 72.9 cm³/mol. The average Bonchev–Trinajstić information content (AvgIpc) is 2.71. The van der Waals surface area contributed by atoms with Gasteiger partial charge in [-0.25, -0.2) is 0 Å². The Hall–Kier alpha value is -1.36. The third-order valence-electron chi connectivity index (χ3n) is 4.15. The molecule has 106 valence electrons. The fourth-order valence-electron chi connectivity index (χ4n) is 2.66. The first-order chi connectivity index (χ1) is 9.02.